The molecule has 3 heteroatoms. The Labute approximate surface area is 65.1 Å². The molecular formula is C8H11NO2. The average Bonchev–Trinajstić information content (AvgIpc) is 2.29. The number of hydrogen-bond donors (Lipinski definition) is 2. The van der Waals surface area contributed by atoms with Crippen LogP contribution in [0, 0.1) is 0 Å². The van der Waals surface area contributed by atoms with E-state index in [0.29, 0.717) is 0 Å². The minimum atomic E-state index is -0.720. The molecule has 1 unspecified atom stereocenters. The summed E-state index contributed by atoms with van der Waals surface area (Å²) >= 11 is 0. The smallest absolute Gasteiger partial charge is 0.320 e. The van der Waals surface area contributed by atoms with Crippen molar-refractivity contribution < 1.29 is 9.90 Å². The quantitative estimate of drug-likeness (QED) is 0.540. The standard InChI is InChI=1S/C8H11NO2/c10-7(11)6-5-8(9-6)3-1-2-4-8/h1-2,6,9H,3-5H2,(H,10,11). The van der Waals surface area contributed by atoms with Gasteiger partial charge in [0.1, 0.15) is 6.04 Å². The van der Waals surface area contributed by atoms with Gasteiger partial charge in [-0.3, -0.25) is 10.1 Å². The molecule has 1 spiro atoms. The Balaban J connectivity index is 1.92. The average molecular weight is 153 g/mol. The van der Waals surface area contributed by atoms with E-state index in [9.17, 15) is 4.79 Å². The van der Waals surface area contributed by atoms with Crippen LogP contribution in [0.25, 0.3) is 0 Å². The summed E-state index contributed by atoms with van der Waals surface area (Å²) in [6.45, 7) is 0. The monoisotopic (exact) mass is 153 g/mol. The van der Waals surface area contributed by atoms with Gasteiger partial charge in [-0.15, -0.1) is 0 Å². The summed E-state index contributed by atoms with van der Waals surface area (Å²) in [7, 11) is 0. The van der Waals surface area contributed by atoms with Gasteiger partial charge in [-0.1, -0.05) is 12.2 Å². The molecule has 0 bridgehead atoms. The maximum absolute atomic E-state index is 10.4. The summed E-state index contributed by atoms with van der Waals surface area (Å²) in [4.78, 5) is 10.4. The lowest BCUT2D eigenvalue weighted by molar-refractivity contribution is -0.144. The summed E-state index contributed by atoms with van der Waals surface area (Å²) in [5.41, 5.74) is 0.128. The first-order chi connectivity index (χ1) is 5.22. The number of carboxylic acids is 1. The second-order valence-electron chi connectivity index (χ2n) is 3.40. The minimum absolute atomic E-state index is 0.128. The first kappa shape index (κ1) is 6.85. The third-order valence-electron chi connectivity index (χ3n) is 2.56. The highest BCUT2D eigenvalue weighted by Gasteiger charge is 2.46. The zero-order valence-corrected chi connectivity index (χ0v) is 6.21. The molecule has 0 amide bonds. The molecule has 1 fully saturated rings. The molecule has 3 nitrogen and oxygen atoms in total. The predicted molar refractivity (Wildman–Crippen MR) is 40.3 cm³/mol. The van der Waals surface area contributed by atoms with Gasteiger partial charge in [0.05, 0.1) is 0 Å². The predicted octanol–water partition coefficient (Wildman–Crippen LogP) is 0.522. The Bertz CT molecular complexity index is 206. The molecule has 1 aliphatic heterocycles. The fourth-order valence-corrected chi connectivity index (χ4v) is 1.87. The lowest BCUT2D eigenvalue weighted by atomic mass is 9.79. The van der Waals surface area contributed by atoms with E-state index in [-0.39, 0.29) is 11.6 Å². The molecule has 0 aromatic carbocycles. The zero-order chi connectivity index (χ0) is 7.90. The maximum atomic E-state index is 10.4. The van der Waals surface area contributed by atoms with E-state index in [1.54, 1.807) is 0 Å². The molecule has 0 aromatic heterocycles. The third-order valence-corrected chi connectivity index (χ3v) is 2.56. The first-order valence-electron chi connectivity index (χ1n) is 3.87. The van der Waals surface area contributed by atoms with Crippen molar-refractivity contribution in [2.24, 2.45) is 0 Å². The van der Waals surface area contributed by atoms with Gasteiger partial charge in [0.25, 0.3) is 0 Å². The highest BCUT2D eigenvalue weighted by atomic mass is 16.4. The third kappa shape index (κ3) is 0.959. The highest BCUT2D eigenvalue weighted by molar-refractivity contribution is 5.75. The zero-order valence-electron chi connectivity index (χ0n) is 6.21. The van der Waals surface area contributed by atoms with Crippen LogP contribution in [0.15, 0.2) is 12.2 Å². The lowest BCUT2D eigenvalue weighted by Gasteiger charge is -2.44. The van der Waals surface area contributed by atoms with Crippen molar-refractivity contribution in [1.82, 2.24) is 5.32 Å². The Kier molecular flexibility index (Phi) is 1.29. The Morgan fingerprint density at radius 3 is 2.55 bits per heavy atom. The van der Waals surface area contributed by atoms with Crippen molar-refractivity contribution in [2.45, 2.75) is 30.8 Å². The molecule has 1 atom stereocenters. The summed E-state index contributed by atoms with van der Waals surface area (Å²) in [6.07, 6.45) is 7.01. The van der Waals surface area contributed by atoms with E-state index in [2.05, 4.69) is 17.5 Å². The van der Waals surface area contributed by atoms with Crippen LogP contribution < -0.4 is 5.32 Å². The van der Waals surface area contributed by atoms with Crippen molar-refractivity contribution in [2.75, 3.05) is 0 Å². The number of hydrogen-bond acceptors (Lipinski definition) is 2. The van der Waals surface area contributed by atoms with Crippen LogP contribution in [0.5, 0.6) is 0 Å². The van der Waals surface area contributed by atoms with E-state index < -0.39 is 5.97 Å². The van der Waals surface area contributed by atoms with Crippen molar-refractivity contribution in [3.8, 4) is 0 Å². The largest absolute Gasteiger partial charge is 0.480 e. The number of aliphatic carboxylic acids is 1. The van der Waals surface area contributed by atoms with E-state index in [1.165, 1.54) is 0 Å². The van der Waals surface area contributed by atoms with Crippen LogP contribution >= 0.6 is 0 Å². The van der Waals surface area contributed by atoms with Crippen LogP contribution in [-0.4, -0.2) is 22.7 Å². The number of carboxylic acid groups (broad SMARTS) is 1. The number of carbonyl (C=O) groups is 1. The van der Waals surface area contributed by atoms with E-state index in [0.717, 1.165) is 19.3 Å². The molecule has 1 aliphatic carbocycles. The molecule has 0 saturated carbocycles. The Morgan fingerprint density at radius 1 is 1.55 bits per heavy atom. The second kappa shape index (κ2) is 2.08. The van der Waals surface area contributed by atoms with Crippen molar-refractivity contribution in [3.63, 3.8) is 0 Å². The molecular weight excluding hydrogens is 142 g/mol. The number of rotatable bonds is 1. The van der Waals surface area contributed by atoms with Crippen molar-refractivity contribution >= 4 is 5.97 Å². The molecule has 60 valence electrons. The highest BCUT2D eigenvalue weighted by Crippen LogP contribution is 2.36. The lowest BCUT2D eigenvalue weighted by Crippen LogP contribution is -2.65. The second-order valence-corrected chi connectivity index (χ2v) is 3.40. The van der Waals surface area contributed by atoms with Crippen molar-refractivity contribution in [3.05, 3.63) is 12.2 Å². The van der Waals surface area contributed by atoms with E-state index in [1.807, 2.05) is 0 Å². The molecule has 1 saturated heterocycles. The van der Waals surface area contributed by atoms with Crippen LogP contribution in [0.1, 0.15) is 19.3 Å². The minimum Gasteiger partial charge on any atom is -0.480 e. The van der Waals surface area contributed by atoms with Crippen molar-refractivity contribution in [1.29, 1.82) is 0 Å². The van der Waals surface area contributed by atoms with Gasteiger partial charge >= 0.3 is 5.97 Å². The fraction of sp³-hybridized carbons (Fsp3) is 0.625. The summed E-state index contributed by atoms with van der Waals surface area (Å²) in [5.74, 6) is -0.720. The van der Waals surface area contributed by atoms with Gasteiger partial charge in [-0.25, -0.2) is 0 Å². The molecule has 2 aliphatic rings. The van der Waals surface area contributed by atoms with Gasteiger partial charge in [0, 0.05) is 5.54 Å². The molecule has 2 rings (SSSR count). The van der Waals surface area contributed by atoms with Gasteiger partial charge in [-0.05, 0) is 19.3 Å². The van der Waals surface area contributed by atoms with Gasteiger partial charge in [-0.2, -0.15) is 0 Å². The van der Waals surface area contributed by atoms with Gasteiger partial charge < -0.3 is 5.11 Å². The molecule has 11 heavy (non-hydrogen) atoms. The fourth-order valence-electron chi connectivity index (χ4n) is 1.87. The van der Waals surface area contributed by atoms with Crippen LogP contribution in [0.4, 0.5) is 0 Å². The first-order valence-corrected chi connectivity index (χ1v) is 3.87. The summed E-state index contributed by atoms with van der Waals surface area (Å²) in [5, 5.41) is 11.7. The maximum Gasteiger partial charge on any atom is 0.320 e. The number of nitrogens with one attached hydrogen (secondary N) is 1. The molecule has 1 heterocycles. The SMILES string of the molecule is O=C(O)C1CC2(CC=CC2)N1. The molecule has 0 aromatic rings. The van der Waals surface area contributed by atoms with Crippen LogP contribution in [0.3, 0.4) is 0 Å². The topological polar surface area (TPSA) is 49.3 Å². The van der Waals surface area contributed by atoms with E-state index in [4.69, 9.17) is 5.11 Å². The van der Waals surface area contributed by atoms with E-state index >= 15 is 0 Å². The van der Waals surface area contributed by atoms with Gasteiger partial charge in [0.2, 0.25) is 0 Å². The molecule has 2 N–H and O–H groups in total. The summed E-state index contributed by atoms with van der Waals surface area (Å²) in [6, 6.07) is -0.296. The molecule has 0 radical (unpaired) electrons. The normalized spacial score (nSPS) is 32.2. The van der Waals surface area contributed by atoms with Crippen LogP contribution in [-0.2, 0) is 4.79 Å². The Hall–Kier alpha value is -0.830. The van der Waals surface area contributed by atoms with Gasteiger partial charge in [0.15, 0.2) is 0 Å². The summed E-state index contributed by atoms with van der Waals surface area (Å²) < 4.78 is 0. The Morgan fingerprint density at radius 2 is 2.09 bits per heavy atom. The van der Waals surface area contributed by atoms with Crippen LogP contribution in [0.2, 0.25) is 0 Å².